The van der Waals surface area contributed by atoms with E-state index >= 15 is 0 Å². The Labute approximate surface area is 149 Å². The largest absolute Gasteiger partial charge is 0.349 e. The molecule has 0 saturated heterocycles. The lowest BCUT2D eigenvalue weighted by atomic mass is 10.1. The molecule has 0 aliphatic heterocycles. The molecule has 2 aromatic rings. The second-order valence-electron chi connectivity index (χ2n) is 6.12. The number of rotatable bonds is 8. The first kappa shape index (κ1) is 18.7. The molecular weight excluding hydrogens is 314 g/mol. The molecule has 0 heterocycles. The fourth-order valence-electron chi connectivity index (χ4n) is 2.35. The number of carbonyl (C=O) groups is 2. The fourth-order valence-corrected chi connectivity index (χ4v) is 2.35. The maximum absolute atomic E-state index is 12.0. The number of carbonyl (C=O) groups excluding carboxylic acids is 2. The summed E-state index contributed by atoms with van der Waals surface area (Å²) in [6, 6.07) is 17.6. The van der Waals surface area contributed by atoms with Crippen molar-refractivity contribution in [3.63, 3.8) is 0 Å². The van der Waals surface area contributed by atoms with Gasteiger partial charge >= 0.3 is 0 Å². The molecule has 0 spiro atoms. The first-order valence-corrected chi connectivity index (χ1v) is 8.38. The highest BCUT2D eigenvalue weighted by atomic mass is 16.2. The Kier molecular flexibility index (Phi) is 7.16. The van der Waals surface area contributed by atoms with Gasteiger partial charge in [0.25, 0.3) is 0 Å². The SMILES string of the molecule is CN(C)C(=O)CCc1ccc(NC(=O)CNCc2ccccc2)cc1. The molecule has 0 unspecified atom stereocenters. The molecule has 2 N–H and O–H groups in total. The van der Waals surface area contributed by atoms with Crippen LogP contribution in [-0.2, 0) is 22.6 Å². The predicted octanol–water partition coefficient (Wildman–Crippen LogP) is 2.44. The van der Waals surface area contributed by atoms with Crippen molar-refractivity contribution in [2.24, 2.45) is 0 Å². The number of nitrogens with zero attached hydrogens (tertiary/aromatic N) is 1. The van der Waals surface area contributed by atoms with Crippen LogP contribution in [0.5, 0.6) is 0 Å². The van der Waals surface area contributed by atoms with E-state index in [1.807, 2.05) is 54.6 Å². The van der Waals surface area contributed by atoms with E-state index in [1.165, 1.54) is 0 Å². The molecule has 5 heteroatoms. The van der Waals surface area contributed by atoms with Crippen LogP contribution < -0.4 is 10.6 Å². The van der Waals surface area contributed by atoms with Crippen molar-refractivity contribution in [1.29, 1.82) is 0 Å². The van der Waals surface area contributed by atoms with Crippen LogP contribution >= 0.6 is 0 Å². The van der Waals surface area contributed by atoms with Crippen LogP contribution in [0.4, 0.5) is 5.69 Å². The summed E-state index contributed by atoms with van der Waals surface area (Å²) in [6.45, 7) is 0.918. The first-order valence-electron chi connectivity index (χ1n) is 8.38. The fraction of sp³-hybridized carbons (Fsp3) is 0.300. The van der Waals surface area contributed by atoms with Crippen molar-refractivity contribution in [2.75, 3.05) is 26.0 Å². The molecule has 2 amide bonds. The smallest absolute Gasteiger partial charge is 0.238 e. The second-order valence-corrected chi connectivity index (χ2v) is 6.12. The Morgan fingerprint density at radius 1 is 0.920 bits per heavy atom. The van der Waals surface area contributed by atoms with Gasteiger partial charge in [0.2, 0.25) is 11.8 Å². The van der Waals surface area contributed by atoms with E-state index < -0.39 is 0 Å². The summed E-state index contributed by atoms with van der Waals surface area (Å²) in [4.78, 5) is 25.1. The molecule has 0 aliphatic rings. The maximum Gasteiger partial charge on any atom is 0.238 e. The molecule has 25 heavy (non-hydrogen) atoms. The Hall–Kier alpha value is -2.66. The third-order valence-corrected chi connectivity index (χ3v) is 3.82. The summed E-state index contributed by atoms with van der Waals surface area (Å²) >= 11 is 0. The Bertz CT molecular complexity index is 682. The summed E-state index contributed by atoms with van der Waals surface area (Å²) in [7, 11) is 3.51. The summed E-state index contributed by atoms with van der Waals surface area (Å²) < 4.78 is 0. The average molecular weight is 339 g/mol. The lowest BCUT2D eigenvalue weighted by Crippen LogP contribution is -2.27. The number of aryl methyl sites for hydroxylation is 1. The Morgan fingerprint density at radius 3 is 2.24 bits per heavy atom. The van der Waals surface area contributed by atoms with Crippen LogP contribution in [-0.4, -0.2) is 37.4 Å². The number of nitrogens with one attached hydrogen (secondary N) is 2. The summed E-state index contributed by atoms with van der Waals surface area (Å²) in [6.07, 6.45) is 1.19. The minimum Gasteiger partial charge on any atom is -0.349 e. The molecule has 0 saturated carbocycles. The standard InChI is InChI=1S/C20H25N3O2/c1-23(2)20(25)13-10-16-8-11-18(12-9-16)22-19(24)15-21-14-17-6-4-3-5-7-17/h3-9,11-12,21H,10,13-15H2,1-2H3,(H,22,24). The van der Waals surface area contributed by atoms with Gasteiger partial charge in [0, 0.05) is 32.7 Å². The van der Waals surface area contributed by atoms with Gasteiger partial charge < -0.3 is 15.5 Å². The van der Waals surface area contributed by atoms with Gasteiger partial charge in [-0.1, -0.05) is 42.5 Å². The van der Waals surface area contributed by atoms with Crippen molar-refractivity contribution in [1.82, 2.24) is 10.2 Å². The zero-order valence-corrected chi connectivity index (χ0v) is 14.8. The van der Waals surface area contributed by atoms with Gasteiger partial charge in [-0.25, -0.2) is 0 Å². The van der Waals surface area contributed by atoms with E-state index in [1.54, 1.807) is 19.0 Å². The van der Waals surface area contributed by atoms with Crippen molar-refractivity contribution in [3.8, 4) is 0 Å². The van der Waals surface area contributed by atoms with Crippen LogP contribution in [0.15, 0.2) is 54.6 Å². The monoisotopic (exact) mass is 339 g/mol. The van der Waals surface area contributed by atoms with E-state index in [0.29, 0.717) is 19.4 Å². The number of amides is 2. The third kappa shape index (κ3) is 6.77. The maximum atomic E-state index is 12.0. The van der Waals surface area contributed by atoms with Gasteiger partial charge in [-0.05, 0) is 29.7 Å². The summed E-state index contributed by atoms with van der Waals surface area (Å²) in [5.41, 5.74) is 2.98. The zero-order valence-electron chi connectivity index (χ0n) is 14.8. The molecule has 132 valence electrons. The predicted molar refractivity (Wildman–Crippen MR) is 100 cm³/mol. The van der Waals surface area contributed by atoms with E-state index in [-0.39, 0.29) is 18.4 Å². The van der Waals surface area contributed by atoms with Gasteiger partial charge in [-0.15, -0.1) is 0 Å². The quantitative estimate of drug-likeness (QED) is 0.776. The molecule has 0 bridgehead atoms. The summed E-state index contributed by atoms with van der Waals surface area (Å²) in [5, 5.41) is 5.98. The first-order chi connectivity index (χ1) is 12.0. The highest BCUT2D eigenvalue weighted by molar-refractivity contribution is 5.92. The molecule has 2 rings (SSSR count). The van der Waals surface area contributed by atoms with Crippen LogP contribution in [0.3, 0.4) is 0 Å². The van der Waals surface area contributed by atoms with Gasteiger partial charge in [0.15, 0.2) is 0 Å². The third-order valence-electron chi connectivity index (χ3n) is 3.82. The van der Waals surface area contributed by atoms with Gasteiger partial charge in [0.1, 0.15) is 0 Å². The normalized spacial score (nSPS) is 10.3. The molecule has 0 radical (unpaired) electrons. The number of benzene rings is 2. The van der Waals surface area contributed by atoms with Gasteiger partial charge in [-0.3, -0.25) is 9.59 Å². The van der Waals surface area contributed by atoms with E-state index in [0.717, 1.165) is 16.8 Å². The van der Waals surface area contributed by atoms with Gasteiger partial charge in [0.05, 0.1) is 6.54 Å². The van der Waals surface area contributed by atoms with Crippen molar-refractivity contribution >= 4 is 17.5 Å². The Morgan fingerprint density at radius 2 is 1.60 bits per heavy atom. The van der Waals surface area contributed by atoms with E-state index in [9.17, 15) is 9.59 Å². The van der Waals surface area contributed by atoms with Crippen molar-refractivity contribution < 1.29 is 9.59 Å². The summed E-state index contributed by atoms with van der Waals surface area (Å²) in [5.74, 6) is 0.0355. The Balaban J connectivity index is 1.72. The molecule has 0 atom stereocenters. The minimum atomic E-state index is -0.0773. The molecule has 5 nitrogen and oxygen atoms in total. The lowest BCUT2D eigenvalue weighted by Gasteiger charge is -2.10. The lowest BCUT2D eigenvalue weighted by molar-refractivity contribution is -0.128. The number of hydrogen-bond acceptors (Lipinski definition) is 3. The second kappa shape index (κ2) is 9.59. The van der Waals surface area contributed by atoms with Crippen LogP contribution in [0.25, 0.3) is 0 Å². The molecule has 0 fully saturated rings. The van der Waals surface area contributed by atoms with Crippen molar-refractivity contribution in [2.45, 2.75) is 19.4 Å². The van der Waals surface area contributed by atoms with Gasteiger partial charge in [-0.2, -0.15) is 0 Å². The average Bonchev–Trinajstić information content (AvgIpc) is 2.61. The topological polar surface area (TPSA) is 61.4 Å². The zero-order chi connectivity index (χ0) is 18.1. The van der Waals surface area contributed by atoms with E-state index in [2.05, 4.69) is 10.6 Å². The van der Waals surface area contributed by atoms with Crippen LogP contribution in [0, 0.1) is 0 Å². The molecule has 2 aromatic carbocycles. The molecule has 0 aliphatic carbocycles. The minimum absolute atomic E-state index is 0.0773. The molecular formula is C20H25N3O2. The van der Waals surface area contributed by atoms with Crippen LogP contribution in [0.2, 0.25) is 0 Å². The highest BCUT2D eigenvalue weighted by Gasteiger charge is 2.05. The van der Waals surface area contributed by atoms with E-state index in [4.69, 9.17) is 0 Å². The number of hydrogen-bond donors (Lipinski definition) is 2. The molecule has 0 aromatic heterocycles. The highest BCUT2D eigenvalue weighted by Crippen LogP contribution is 2.11. The van der Waals surface area contributed by atoms with Crippen molar-refractivity contribution in [3.05, 3.63) is 65.7 Å². The number of anilines is 1. The van der Waals surface area contributed by atoms with Crippen LogP contribution in [0.1, 0.15) is 17.5 Å².